The van der Waals surface area contributed by atoms with Crippen LogP contribution in [0.3, 0.4) is 0 Å². The number of hydrogen-bond donors (Lipinski definition) is 0. The second-order valence-electron chi connectivity index (χ2n) is 4.86. The van der Waals surface area contributed by atoms with E-state index < -0.39 is 0 Å². The number of halogens is 2. The van der Waals surface area contributed by atoms with Crippen LogP contribution in [0.15, 0.2) is 41.6 Å². The zero-order valence-electron chi connectivity index (χ0n) is 11.8. The third kappa shape index (κ3) is 4.93. The monoisotopic (exact) mass is 298 g/mol. The van der Waals surface area contributed by atoms with Gasteiger partial charge in [-0.25, -0.2) is 0 Å². The van der Waals surface area contributed by atoms with Crippen molar-refractivity contribution in [2.24, 2.45) is 0 Å². The summed E-state index contributed by atoms with van der Waals surface area (Å²) in [4.78, 5) is 0. The normalized spacial score (nSPS) is 13.5. The van der Waals surface area contributed by atoms with Crippen LogP contribution in [-0.4, -0.2) is 6.10 Å². The van der Waals surface area contributed by atoms with E-state index in [0.29, 0.717) is 10.8 Å². The number of alkyl halides is 1. The molecule has 0 amide bonds. The molecule has 0 radical (unpaired) electrons. The van der Waals surface area contributed by atoms with E-state index in [4.69, 9.17) is 27.9 Å². The molecule has 19 heavy (non-hydrogen) atoms. The Labute approximate surface area is 125 Å². The molecule has 1 aromatic rings. The molecule has 0 saturated heterocycles. The van der Waals surface area contributed by atoms with Gasteiger partial charge >= 0.3 is 0 Å². The molecular weight excluding hydrogens is 279 g/mol. The summed E-state index contributed by atoms with van der Waals surface area (Å²) in [5.41, 5.74) is 3.38. The van der Waals surface area contributed by atoms with Crippen molar-refractivity contribution in [1.82, 2.24) is 0 Å². The molecule has 0 aliphatic rings. The van der Waals surface area contributed by atoms with Crippen LogP contribution in [0.2, 0.25) is 0 Å². The minimum absolute atomic E-state index is 0.0317. The van der Waals surface area contributed by atoms with Crippen LogP contribution in [-0.2, 0) is 4.74 Å². The van der Waals surface area contributed by atoms with E-state index in [-0.39, 0.29) is 11.5 Å². The van der Waals surface area contributed by atoms with Gasteiger partial charge in [0.2, 0.25) is 0 Å². The Kier molecular flexibility index (Phi) is 5.96. The van der Waals surface area contributed by atoms with Crippen LogP contribution in [0, 0.1) is 13.8 Å². The fourth-order valence-corrected chi connectivity index (χ4v) is 2.18. The summed E-state index contributed by atoms with van der Waals surface area (Å²) in [5.74, 6) is 0.539. The number of ether oxygens (including phenoxy) is 1. The largest absolute Gasteiger partial charge is 0.490 e. The molecule has 0 spiro atoms. The second kappa shape index (κ2) is 7.02. The average Bonchev–Trinajstić information content (AvgIpc) is 2.30. The van der Waals surface area contributed by atoms with Crippen LogP contribution in [0.25, 0.3) is 0 Å². The molecule has 1 nitrogen and oxygen atoms in total. The SMILES string of the molecule is C=C(Cl)C(=CC(Cl)c1cc(C)ccc1C)OC(C)C. The van der Waals surface area contributed by atoms with Crippen LogP contribution in [0.5, 0.6) is 0 Å². The maximum atomic E-state index is 6.45. The van der Waals surface area contributed by atoms with Crippen LogP contribution in [0.4, 0.5) is 0 Å². The highest BCUT2D eigenvalue weighted by atomic mass is 35.5. The highest BCUT2D eigenvalue weighted by Gasteiger charge is 2.12. The first-order valence-electron chi connectivity index (χ1n) is 6.25. The molecule has 0 aromatic heterocycles. The fraction of sp³-hybridized carbons (Fsp3) is 0.375. The maximum absolute atomic E-state index is 6.45. The van der Waals surface area contributed by atoms with Crippen LogP contribution < -0.4 is 0 Å². The molecule has 1 rings (SSSR count). The first kappa shape index (κ1) is 16.1. The molecule has 0 aliphatic heterocycles. The second-order valence-corrected chi connectivity index (χ2v) is 5.79. The fourth-order valence-electron chi connectivity index (χ4n) is 1.73. The van der Waals surface area contributed by atoms with Gasteiger partial charge in [0.15, 0.2) is 0 Å². The Morgan fingerprint density at radius 1 is 1.32 bits per heavy atom. The molecule has 0 aliphatic carbocycles. The minimum atomic E-state index is -0.288. The summed E-state index contributed by atoms with van der Waals surface area (Å²) >= 11 is 12.4. The lowest BCUT2D eigenvalue weighted by molar-refractivity contribution is 0.156. The summed E-state index contributed by atoms with van der Waals surface area (Å²) in [6.45, 7) is 11.7. The Balaban J connectivity index is 3.06. The molecule has 0 bridgehead atoms. The van der Waals surface area contributed by atoms with Crippen molar-refractivity contribution in [3.63, 3.8) is 0 Å². The van der Waals surface area contributed by atoms with Crippen molar-refractivity contribution in [2.45, 2.75) is 39.2 Å². The third-order valence-corrected chi connectivity index (χ3v) is 3.21. The lowest BCUT2D eigenvalue weighted by Crippen LogP contribution is -2.04. The van der Waals surface area contributed by atoms with E-state index in [2.05, 4.69) is 24.8 Å². The summed E-state index contributed by atoms with van der Waals surface area (Å²) in [5, 5.41) is 0.0776. The van der Waals surface area contributed by atoms with E-state index in [9.17, 15) is 0 Å². The topological polar surface area (TPSA) is 9.23 Å². The van der Waals surface area contributed by atoms with Gasteiger partial charge in [0, 0.05) is 0 Å². The molecule has 1 atom stereocenters. The van der Waals surface area contributed by atoms with E-state index >= 15 is 0 Å². The highest BCUT2D eigenvalue weighted by molar-refractivity contribution is 6.31. The molecule has 1 aromatic carbocycles. The average molecular weight is 299 g/mol. The Morgan fingerprint density at radius 2 is 1.95 bits per heavy atom. The molecule has 1 unspecified atom stereocenters. The van der Waals surface area contributed by atoms with Crippen molar-refractivity contribution >= 4 is 23.2 Å². The molecule has 0 N–H and O–H groups in total. The van der Waals surface area contributed by atoms with Gasteiger partial charge in [-0.2, -0.15) is 0 Å². The van der Waals surface area contributed by atoms with Gasteiger partial charge in [-0.3, -0.25) is 0 Å². The summed E-state index contributed by atoms with van der Waals surface area (Å²) in [6.07, 6.45) is 1.84. The first-order chi connectivity index (χ1) is 8.81. The highest BCUT2D eigenvalue weighted by Crippen LogP contribution is 2.29. The van der Waals surface area contributed by atoms with Gasteiger partial charge in [0.25, 0.3) is 0 Å². The number of hydrogen-bond acceptors (Lipinski definition) is 1. The van der Waals surface area contributed by atoms with Crippen molar-refractivity contribution in [3.05, 3.63) is 58.3 Å². The van der Waals surface area contributed by atoms with Gasteiger partial charge < -0.3 is 4.74 Å². The van der Waals surface area contributed by atoms with E-state index in [1.807, 2.05) is 27.7 Å². The van der Waals surface area contributed by atoms with E-state index in [1.165, 1.54) is 5.56 Å². The number of allylic oxidation sites excluding steroid dienone is 2. The smallest absolute Gasteiger partial charge is 0.135 e. The van der Waals surface area contributed by atoms with Gasteiger partial charge in [0.05, 0.1) is 16.5 Å². The number of benzene rings is 1. The Morgan fingerprint density at radius 3 is 2.47 bits per heavy atom. The zero-order chi connectivity index (χ0) is 14.6. The lowest BCUT2D eigenvalue weighted by Gasteiger charge is -2.16. The standard InChI is InChI=1S/C16H20Cl2O/c1-10(2)19-16(13(5)17)9-15(18)14-8-11(3)6-7-12(14)4/h6-10,15H,5H2,1-4H3. The number of aryl methyl sites for hydroxylation is 2. The van der Waals surface area contributed by atoms with E-state index in [0.717, 1.165) is 11.1 Å². The molecule has 3 heteroatoms. The quantitative estimate of drug-likeness (QED) is 0.388. The lowest BCUT2D eigenvalue weighted by atomic mass is 10.0. The first-order valence-corrected chi connectivity index (χ1v) is 7.07. The molecule has 0 fully saturated rings. The van der Waals surface area contributed by atoms with E-state index in [1.54, 1.807) is 6.08 Å². The third-order valence-electron chi connectivity index (χ3n) is 2.66. The van der Waals surface area contributed by atoms with Gasteiger partial charge in [-0.1, -0.05) is 41.9 Å². The Hall–Kier alpha value is -0.920. The van der Waals surface area contributed by atoms with Crippen LogP contribution >= 0.6 is 23.2 Å². The maximum Gasteiger partial charge on any atom is 0.135 e. The Bertz CT molecular complexity index is 490. The van der Waals surface area contributed by atoms with Crippen molar-refractivity contribution in [2.75, 3.05) is 0 Å². The zero-order valence-corrected chi connectivity index (χ0v) is 13.3. The molecule has 0 heterocycles. The van der Waals surface area contributed by atoms with Crippen LogP contribution in [0.1, 0.15) is 35.9 Å². The summed E-state index contributed by atoms with van der Waals surface area (Å²) in [7, 11) is 0. The van der Waals surface area contributed by atoms with Crippen molar-refractivity contribution in [3.8, 4) is 0 Å². The van der Waals surface area contributed by atoms with Gasteiger partial charge in [0.1, 0.15) is 5.76 Å². The summed E-state index contributed by atoms with van der Waals surface area (Å²) in [6, 6.07) is 6.21. The molecular formula is C16H20Cl2O. The minimum Gasteiger partial charge on any atom is -0.490 e. The van der Waals surface area contributed by atoms with Crippen molar-refractivity contribution < 1.29 is 4.74 Å². The predicted molar refractivity (Wildman–Crippen MR) is 83.8 cm³/mol. The van der Waals surface area contributed by atoms with Gasteiger partial charge in [-0.15, -0.1) is 11.6 Å². The molecule has 0 saturated carbocycles. The van der Waals surface area contributed by atoms with Crippen molar-refractivity contribution in [1.29, 1.82) is 0 Å². The van der Waals surface area contributed by atoms with Gasteiger partial charge in [-0.05, 0) is 44.9 Å². The molecule has 104 valence electrons. The number of rotatable bonds is 5. The predicted octanol–water partition coefficient (Wildman–Crippen LogP) is 5.64. The summed E-state index contributed by atoms with van der Waals surface area (Å²) < 4.78 is 5.62.